The lowest BCUT2D eigenvalue weighted by Crippen LogP contribution is -2.45. The Morgan fingerprint density at radius 3 is 2.89 bits per heavy atom. The first kappa shape index (κ1) is 16.1. The Hall–Kier alpha value is -0.950. The second-order valence-corrected chi connectivity index (χ2v) is 5.89. The lowest BCUT2D eigenvalue weighted by molar-refractivity contribution is -0.142. The fourth-order valence-electron chi connectivity index (χ4n) is 2.12. The van der Waals surface area contributed by atoms with Crippen LogP contribution >= 0.6 is 11.8 Å². The third kappa shape index (κ3) is 6.68. The fraction of sp³-hybridized carbons (Fsp3) is 0.833. The van der Waals surface area contributed by atoms with E-state index in [2.05, 4.69) is 17.6 Å². The van der Waals surface area contributed by atoms with Gasteiger partial charge in [-0.25, -0.2) is 9.59 Å². The molecule has 2 unspecified atom stereocenters. The summed E-state index contributed by atoms with van der Waals surface area (Å²) >= 11 is 1.89. The van der Waals surface area contributed by atoms with Gasteiger partial charge in [-0.2, -0.15) is 11.8 Å². The maximum Gasteiger partial charge on any atom is 0.329 e. The molecule has 1 saturated carbocycles. The number of aliphatic carboxylic acids is 1. The second kappa shape index (κ2) is 9.03. The number of urea groups is 1. The van der Waals surface area contributed by atoms with Gasteiger partial charge in [0.15, 0.2) is 0 Å². The van der Waals surface area contributed by atoms with E-state index in [0.29, 0.717) is 11.8 Å². The lowest BCUT2D eigenvalue weighted by Gasteiger charge is -2.20. The molecule has 0 heterocycles. The standard InChI is InChI=1S/C12H22N2O4S/c1-2-19-10-5-3-4-9(10)14-12(17)13-6-7-18-8-11(15)16/h9-10H,2-8H2,1H3,(H,15,16)(H2,13,14,17). The van der Waals surface area contributed by atoms with Crippen LogP contribution in [-0.2, 0) is 9.53 Å². The second-order valence-electron chi connectivity index (χ2n) is 4.38. The van der Waals surface area contributed by atoms with Gasteiger partial charge in [0.2, 0.25) is 0 Å². The highest BCUT2D eigenvalue weighted by Crippen LogP contribution is 2.29. The van der Waals surface area contributed by atoms with Crippen molar-refractivity contribution in [1.29, 1.82) is 0 Å². The third-order valence-electron chi connectivity index (χ3n) is 2.91. The van der Waals surface area contributed by atoms with E-state index in [0.717, 1.165) is 25.0 Å². The lowest BCUT2D eigenvalue weighted by atomic mass is 10.2. The van der Waals surface area contributed by atoms with E-state index >= 15 is 0 Å². The Kier molecular flexibility index (Phi) is 7.66. The first-order valence-corrected chi connectivity index (χ1v) is 7.64. The molecule has 0 bridgehead atoms. The van der Waals surface area contributed by atoms with Crippen molar-refractivity contribution in [3.63, 3.8) is 0 Å². The number of carbonyl (C=O) groups is 2. The quantitative estimate of drug-likeness (QED) is 0.582. The molecule has 2 amide bonds. The number of carboxylic acids is 1. The Morgan fingerprint density at radius 1 is 1.42 bits per heavy atom. The summed E-state index contributed by atoms with van der Waals surface area (Å²) in [5, 5.41) is 14.5. The van der Waals surface area contributed by atoms with Crippen molar-refractivity contribution in [2.24, 2.45) is 0 Å². The van der Waals surface area contributed by atoms with Gasteiger partial charge < -0.3 is 20.5 Å². The van der Waals surface area contributed by atoms with Gasteiger partial charge in [-0.05, 0) is 18.6 Å². The van der Waals surface area contributed by atoms with Crippen LogP contribution in [0.2, 0.25) is 0 Å². The largest absolute Gasteiger partial charge is 0.480 e. The van der Waals surface area contributed by atoms with Crippen LogP contribution in [0.15, 0.2) is 0 Å². The first-order chi connectivity index (χ1) is 9.13. The van der Waals surface area contributed by atoms with Crippen LogP contribution < -0.4 is 10.6 Å². The molecule has 1 fully saturated rings. The van der Waals surface area contributed by atoms with Gasteiger partial charge in [-0.15, -0.1) is 0 Å². The molecule has 0 spiro atoms. The predicted octanol–water partition coefficient (Wildman–Crippen LogP) is 1.06. The molecule has 6 nitrogen and oxygen atoms in total. The van der Waals surface area contributed by atoms with Gasteiger partial charge in [-0.3, -0.25) is 0 Å². The van der Waals surface area contributed by atoms with Gasteiger partial charge in [0.1, 0.15) is 6.61 Å². The van der Waals surface area contributed by atoms with Crippen LogP contribution in [0.3, 0.4) is 0 Å². The summed E-state index contributed by atoms with van der Waals surface area (Å²) in [7, 11) is 0. The zero-order chi connectivity index (χ0) is 14.1. The molecule has 0 aromatic rings. The molecule has 110 valence electrons. The van der Waals surface area contributed by atoms with Gasteiger partial charge >= 0.3 is 12.0 Å². The molecule has 0 radical (unpaired) electrons. The van der Waals surface area contributed by atoms with Crippen LogP contribution in [0, 0.1) is 0 Å². The summed E-state index contributed by atoms with van der Waals surface area (Å²) in [5.41, 5.74) is 0. The summed E-state index contributed by atoms with van der Waals surface area (Å²) in [4.78, 5) is 21.8. The van der Waals surface area contributed by atoms with Crippen molar-refractivity contribution in [2.75, 3.05) is 25.5 Å². The number of hydrogen-bond acceptors (Lipinski definition) is 4. The Bertz CT molecular complexity index is 301. The molecule has 2 atom stereocenters. The third-order valence-corrected chi connectivity index (χ3v) is 4.23. The van der Waals surface area contributed by atoms with Crippen molar-refractivity contribution in [3.05, 3.63) is 0 Å². The van der Waals surface area contributed by atoms with Gasteiger partial charge in [0.05, 0.1) is 6.61 Å². The van der Waals surface area contributed by atoms with E-state index in [1.165, 1.54) is 0 Å². The average molecular weight is 290 g/mol. The van der Waals surface area contributed by atoms with Crippen LogP contribution in [0.4, 0.5) is 4.79 Å². The van der Waals surface area contributed by atoms with Crippen molar-refractivity contribution in [1.82, 2.24) is 10.6 Å². The summed E-state index contributed by atoms with van der Waals surface area (Å²) in [6, 6.07) is 0.0393. The minimum Gasteiger partial charge on any atom is -0.480 e. The highest BCUT2D eigenvalue weighted by atomic mass is 32.2. The number of carbonyl (C=O) groups excluding carboxylic acids is 1. The van der Waals surface area contributed by atoms with Crippen molar-refractivity contribution < 1.29 is 19.4 Å². The number of thioether (sulfide) groups is 1. The first-order valence-electron chi connectivity index (χ1n) is 6.59. The maximum absolute atomic E-state index is 11.6. The average Bonchev–Trinajstić information content (AvgIpc) is 2.76. The van der Waals surface area contributed by atoms with E-state index in [-0.39, 0.29) is 25.3 Å². The molecule has 0 aromatic carbocycles. The van der Waals surface area contributed by atoms with E-state index < -0.39 is 5.97 Å². The summed E-state index contributed by atoms with van der Waals surface area (Å²) in [6.45, 7) is 2.32. The minimum absolute atomic E-state index is 0.201. The smallest absolute Gasteiger partial charge is 0.329 e. The molecule has 0 aromatic heterocycles. The SMILES string of the molecule is CCSC1CCCC1NC(=O)NCCOCC(=O)O. The van der Waals surface area contributed by atoms with Crippen molar-refractivity contribution in [3.8, 4) is 0 Å². The van der Waals surface area contributed by atoms with Gasteiger partial charge in [-0.1, -0.05) is 13.3 Å². The molecule has 0 aliphatic heterocycles. The van der Waals surface area contributed by atoms with E-state index in [4.69, 9.17) is 9.84 Å². The molecule has 1 aliphatic carbocycles. The molecule has 7 heteroatoms. The van der Waals surface area contributed by atoms with Crippen molar-refractivity contribution >= 4 is 23.8 Å². The summed E-state index contributed by atoms with van der Waals surface area (Å²) < 4.78 is 4.83. The summed E-state index contributed by atoms with van der Waals surface area (Å²) in [6.07, 6.45) is 3.34. The van der Waals surface area contributed by atoms with Crippen LogP contribution in [-0.4, -0.2) is 53.9 Å². The summed E-state index contributed by atoms with van der Waals surface area (Å²) in [5.74, 6) is 0.0582. The van der Waals surface area contributed by atoms with E-state index in [9.17, 15) is 9.59 Å². The van der Waals surface area contributed by atoms with Crippen molar-refractivity contribution in [2.45, 2.75) is 37.5 Å². The Balaban J connectivity index is 2.11. The van der Waals surface area contributed by atoms with Gasteiger partial charge in [0, 0.05) is 17.8 Å². The molecular formula is C12H22N2O4S. The number of ether oxygens (including phenoxy) is 1. The number of hydrogen-bond donors (Lipinski definition) is 3. The topological polar surface area (TPSA) is 87.7 Å². The Morgan fingerprint density at radius 2 is 2.21 bits per heavy atom. The van der Waals surface area contributed by atoms with E-state index in [1.54, 1.807) is 0 Å². The molecule has 1 aliphatic rings. The molecule has 0 saturated heterocycles. The Labute approximate surface area is 117 Å². The van der Waals surface area contributed by atoms with E-state index in [1.807, 2.05) is 11.8 Å². The predicted molar refractivity (Wildman–Crippen MR) is 74.5 cm³/mol. The molecule has 3 N–H and O–H groups in total. The highest BCUT2D eigenvalue weighted by molar-refractivity contribution is 7.99. The van der Waals surface area contributed by atoms with Crippen LogP contribution in [0.5, 0.6) is 0 Å². The molecular weight excluding hydrogens is 268 g/mol. The number of amides is 2. The number of carboxylic acid groups (broad SMARTS) is 1. The van der Waals surface area contributed by atoms with Crippen LogP contribution in [0.1, 0.15) is 26.2 Å². The maximum atomic E-state index is 11.6. The zero-order valence-electron chi connectivity index (χ0n) is 11.2. The normalized spacial score (nSPS) is 22.2. The highest BCUT2D eigenvalue weighted by Gasteiger charge is 2.28. The number of nitrogens with one attached hydrogen (secondary N) is 2. The number of rotatable bonds is 8. The van der Waals surface area contributed by atoms with Gasteiger partial charge in [0.25, 0.3) is 0 Å². The zero-order valence-corrected chi connectivity index (χ0v) is 12.0. The molecule has 19 heavy (non-hydrogen) atoms. The van der Waals surface area contributed by atoms with Crippen LogP contribution in [0.25, 0.3) is 0 Å². The molecule has 1 rings (SSSR count). The fourth-order valence-corrected chi connectivity index (χ4v) is 3.32. The monoisotopic (exact) mass is 290 g/mol. The minimum atomic E-state index is -1.00.